The Kier molecular flexibility index (Phi) is 5.39. The van der Waals surface area contributed by atoms with E-state index in [2.05, 4.69) is 27.9 Å². The first-order valence-corrected chi connectivity index (χ1v) is 11.9. The zero-order valence-electron chi connectivity index (χ0n) is 14.1. The van der Waals surface area contributed by atoms with Gasteiger partial charge in [0, 0.05) is 6.42 Å². The highest BCUT2D eigenvalue weighted by Crippen LogP contribution is 2.76. The zero-order chi connectivity index (χ0) is 21.0. The van der Waals surface area contributed by atoms with E-state index in [4.69, 9.17) is 15.0 Å². The van der Waals surface area contributed by atoms with Crippen molar-refractivity contribution in [1.82, 2.24) is 19.5 Å². The standard InChI is InChI=1S/C10H14N5O11P3/c11-10-13-8-7(9(17)14-10)12-3-15(8)6-1-4(16)5(23-6)2-22-27-24-28(18,19)26-29(20,21)25-27/h3-6,16H,1-2H2,(H,18,19)(H,20,21)(H3,11,13,14,17). The summed E-state index contributed by atoms with van der Waals surface area (Å²) >= 11 is 0. The van der Waals surface area contributed by atoms with Crippen molar-refractivity contribution in [2.24, 2.45) is 0 Å². The van der Waals surface area contributed by atoms with Gasteiger partial charge in [-0.05, 0) is 0 Å². The topological polar surface area (TPSA) is 231 Å². The van der Waals surface area contributed by atoms with Gasteiger partial charge in [-0.3, -0.25) is 14.3 Å². The van der Waals surface area contributed by atoms with Gasteiger partial charge in [0.1, 0.15) is 12.3 Å². The van der Waals surface area contributed by atoms with Crippen molar-refractivity contribution >= 4 is 41.4 Å². The summed E-state index contributed by atoms with van der Waals surface area (Å²) in [6.07, 6.45) is -1.45. The molecule has 0 radical (unpaired) electrons. The third kappa shape index (κ3) is 4.43. The van der Waals surface area contributed by atoms with Crippen molar-refractivity contribution in [2.75, 3.05) is 12.3 Å². The molecule has 0 amide bonds. The Morgan fingerprint density at radius 2 is 2.07 bits per heavy atom. The van der Waals surface area contributed by atoms with Crippen LogP contribution >= 0.6 is 24.2 Å². The summed E-state index contributed by atoms with van der Waals surface area (Å²) in [5, 5.41) is 10.2. The van der Waals surface area contributed by atoms with Gasteiger partial charge in [-0.25, -0.2) is 22.7 Å². The number of aromatic amines is 1. The molecule has 16 nitrogen and oxygen atoms in total. The summed E-state index contributed by atoms with van der Waals surface area (Å²) in [5.74, 6) is -0.124. The van der Waals surface area contributed by atoms with Crippen LogP contribution in [0.1, 0.15) is 12.6 Å². The lowest BCUT2D eigenvalue weighted by Gasteiger charge is -2.27. The van der Waals surface area contributed by atoms with Crippen LogP contribution in [-0.4, -0.2) is 53.2 Å². The maximum absolute atomic E-state index is 11.9. The van der Waals surface area contributed by atoms with Crippen LogP contribution in [0.15, 0.2) is 11.1 Å². The van der Waals surface area contributed by atoms with Crippen molar-refractivity contribution in [3.8, 4) is 0 Å². The smallest absolute Gasteiger partial charge is 0.390 e. The second-order valence-corrected chi connectivity index (χ2v) is 10.4. The molecule has 2 aromatic heterocycles. The molecule has 6 N–H and O–H groups in total. The molecule has 4 rings (SSSR count). The number of aromatic nitrogens is 4. The molecule has 0 bridgehead atoms. The Morgan fingerprint density at radius 3 is 2.76 bits per heavy atom. The van der Waals surface area contributed by atoms with E-state index in [0.29, 0.717) is 0 Å². The molecular formula is C10H14N5O11P3. The number of phosphoric acid groups is 2. The number of nitrogens with two attached hydrogens (primary N) is 1. The molecule has 0 spiro atoms. The summed E-state index contributed by atoms with van der Waals surface area (Å²) in [6.45, 7) is -0.411. The molecule has 2 saturated heterocycles. The van der Waals surface area contributed by atoms with E-state index in [1.165, 1.54) is 10.9 Å². The maximum Gasteiger partial charge on any atom is 0.488 e. The highest BCUT2D eigenvalue weighted by Gasteiger charge is 2.48. The SMILES string of the molecule is Nc1nc2c(ncn2C2CC(O)C(COP3OP(=O)(O)OP(=O)(O)O3)O2)c(=O)[nH]1. The minimum Gasteiger partial charge on any atom is -0.390 e. The zero-order valence-corrected chi connectivity index (χ0v) is 16.8. The molecule has 29 heavy (non-hydrogen) atoms. The predicted molar refractivity (Wildman–Crippen MR) is 92.9 cm³/mol. The molecule has 0 saturated carbocycles. The minimum atomic E-state index is -4.83. The molecule has 0 aromatic carbocycles. The van der Waals surface area contributed by atoms with Gasteiger partial charge in [0.2, 0.25) is 5.95 Å². The van der Waals surface area contributed by atoms with E-state index in [0.717, 1.165) is 0 Å². The molecule has 2 aliphatic heterocycles. The third-order valence-corrected chi connectivity index (χ3v) is 8.58. The molecule has 0 aliphatic carbocycles. The average molecular weight is 473 g/mol. The molecule has 19 heteroatoms. The summed E-state index contributed by atoms with van der Waals surface area (Å²) in [7, 11) is -12.4. The number of aliphatic hydroxyl groups excluding tert-OH is 1. The van der Waals surface area contributed by atoms with Crippen molar-refractivity contribution in [2.45, 2.75) is 24.9 Å². The first kappa shape index (κ1) is 21.0. The lowest BCUT2D eigenvalue weighted by Crippen LogP contribution is -2.26. The van der Waals surface area contributed by atoms with Crippen molar-refractivity contribution in [1.29, 1.82) is 0 Å². The number of hydrogen-bond donors (Lipinski definition) is 5. The summed E-state index contributed by atoms with van der Waals surface area (Å²) in [5.41, 5.74) is 5.18. The number of fused-ring (bicyclic) bond motifs is 1. The number of hydrogen-bond acceptors (Lipinski definition) is 12. The number of aliphatic hydroxyl groups is 1. The number of ether oxygens (including phenoxy) is 1. The van der Waals surface area contributed by atoms with Gasteiger partial charge in [-0.2, -0.15) is 9.29 Å². The largest absolute Gasteiger partial charge is 0.488 e. The number of nitrogen functional groups attached to an aromatic ring is 1. The Labute approximate surface area is 161 Å². The minimum absolute atomic E-state index is 0.0295. The van der Waals surface area contributed by atoms with Crippen molar-refractivity contribution < 1.29 is 46.2 Å². The molecule has 2 fully saturated rings. The van der Waals surface area contributed by atoms with Crippen LogP contribution in [0.3, 0.4) is 0 Å². The van der Waals surface area contributed by atoms with Crippen LogP contribution < -0.4 is 11.3 Å². The van der Waals surface area contributed by atoms with Crippen LogP contribution in [0.5, 0.6) is 0 Å². The number of nitrogens with zero attached hydrogens (tertiary/aromatic N) is 3. The molecule has 5 unspecified atom stereocenters. The van der Waals surface area contributed by atoms with Gasteiger partial charge in [-0.1, -0.05) is 0 Å². The molecule has 2 aromatic rings. The Balaban J connectivity index is 1.45. The Hall–Kier alpha value is -1.28. The van der Waals surface area contributed by atoms with E-state index in [1.54, 1.807) is 0 Å². The first-order valence-electron chi connectivity index (χ1n) is 7.78. The molecule has 2 aliphatic rings. The monoisotopic (exact) mass is 473 g/mol. The molecule has 4 heterocycles. The molecular weight excluding hydrogens is 459 g/mol. The van der Waals surface area contributed by atoms with E-state index >= 15 is 0 Å². The molecule has 5 atom stereocenters. The molecule has 160 valence electrons. The van der Waals surface area contributed by atoms with Crippen LogP contribution in [0.25, 0.3) is 11.2 Å². The van der Waals surface area contributed by atoms with Gasteiger partial charge in [-0.15, -0.1) is 0 Å². The quantitative estimate of drug-likeness (QED) is 0.364. The second-order valence-electron chi connectivity index (χ2n) is 5.91. The summed E-state index contributed by atoms with van der Waals surface area (Å²) in [6, 6.07) is 0. The second kappa shape index (κ2) is 7.45. The van der Waals surface area contributed by atoms with Crippen molar-refractivity contribution in [3.63, 3.8) is 0 Å². The Morgan fingerprint density at radius 1 is 1.38 bits per heavy atom. The fraction of sp³-hybridized carbons (Fsp3) is 0.500. The van der Waals surface area contributed by atoms with Gasteiger partial charge < -0.3 is 29.9 Å². The Bertz CT molecular complexity index is 1060. The highest BCUT2D eigenvalue weighted by molar-refractivity contribution is 7.72. The average Bonchev–Trinajstić information content (AvgIpc) is 3.13. The van der Waals surface area contributed by atoms with Crippen LogP contribution in [0, 0.1) is 0 Å². The first-order chi connectivity index (χ1) is 13.5. The third-order valence-electron chi connectivity index (χ3n) is 3.86. The number of nitrogens with one attached hydrogen (secondary N) is 1. The number of imidazole rings is 1. The van der Waals surface area contributed by atoms with E-state index < -0.39 is 54.8 Å². The lowest BCUT2D eigenvalue weighted by atomic mass is 10.2. The van der Waals surface area contributed by atoms with Crippen molar-refractivity contribution in [3.05, 3.63) is 16.7 Å². The maximum atomic E-state index is 11.9. The van der Waals surface area contributed by atoms with Crippen LogP contribution in [0.2, 0.25) is 0 Å². The number of anilines is 1. The lowest BCUT2D eigenvalue weighted by molar-refractivity contribution is -0.0400. The van der Waals surface area contributed by atoms with E-state index in [1.807, 2.05) is 0 Å². The van der Waals surface area contributed by atoms with Gasteiger partial charge in [0.15, 0.2) is 11.2 Å². The predicted octanol–water partition coefficient (Wildman–Crippen LogP) is -0.142. The van der Waals surface area contributed by atoms with Crippen LogP contribution in [-0.2, 0) is 31.3 Å². The number of rotatable bonds is 4. The summed E-state index contributed by atoms with van der Waals surface area (Å²) in [4.78, 5) is 40.6. The normalized spacial score (nSPS) is 37.9. The van der Waals surface area contributed by atoms with Gasteiger partial charge in [0.05, 0.1) is 19.0 Å². The number of H-pyrrole nitrogens is 1. The fourth-order valence-electron chi connectivity index (χ4n) is 2.71. The van der Waals surface area contributed by atoms with Gasteiger partial charge in [0.25, 0.3) is 5.56 Å². The highest BCUT2D eigenvalue weighted by atomic mass is 31.3. The van der Waals surface area contributed by atoms with E-state index in [9.17, 15) is 28.8 Å². The van der Waals surface area contributed by atoms with E-state index in [-0.39, 0.29) is 23.5 Å². The van der Waals surface area contributed by atoms with Gasteiger partial charge >= 0.3 is 24.2 Å². The van der Waals surface area contributed by atoms with Crippen LogP contribution in [0.4, 0.5) is 5.95 Å². The summed E-state index contributed by atoms with van der Waals surface area (Å²) < 4.78 is 47.7. The fourth-order valence-corrected chi connectivity index (χ4v) is 6.91.